The van der Waals surface area contributed by atoms with Crippen LogP contribution in [0.5, 0.6) is 0 Å². The van der Waals surface area contributed by atoms with Gasteiger partial charge < -0.3 is 4.90 Å². The fourth-order valence-electron chi connectivity index (χ4n) is 1.53. The van der Waals surface area contributed by atoms with Gasteiger partial charge in [0.2, 0.25) is 0 Å². The average molecular weight is 264 g/mol. The van der Waals surface area contributed by atoms with Crippen LogP contribution < -0.4 is 0 Å². The zero-order chi connectivity index (χ0) is 14.9. The van der Waals surface area contributed by atoms with Crippen LogP contribution in [0, 0.1) is 0 Å². The van der Waals surface area contributed by atoms with Crippen molar-refractivity contribution < 1.29 is 0 Å². The van der Waals surface area contributed by atoms with Crippen LogP contribution >= 0.6 is 0 Å². The summed E-state index contributed by atoms with van der Waals surface area (Å²) in [6.45, 7) is 13.9. The quantitative estimate of drug-likeness (QED) is 0.365. The van der Waals surface area contributed by atoms with Gasteiger partial charge in [-0.15, -0.1) is 0 Å². The molecule has 0 rings (SSSR count). The summed E-state index contributed by atoms with van der Waals surface area (Å²) in [4.78, 5) is 6.65. The van der Waals surface area contributed by atoms with Crippen LogP contribution in [0.1, 0.15) is 60.8 Å². The lowest BCUT2D eigenvalue weighted by molar-refractivity contribution is 0.505. The highest BCUT2D eigenvalue weighted by molar-refractivity contribution is 5.55. The summed E-state index contributed by atoms with van der Waals surface area (Å²) in [7, 11) is 2.08. The van der Waals surface area contributed by atoms with E-state index in [0.717, 1.165) is 19.4 Å². The first-order chi connectivity index (χ1) is 8.70. The molecule has 2 nitrogen and oxygen atoms in total. The van der Waals surface area contributed by atoms with E-state index in [9.17, 15) is 0 Å². The fourth-order valence-corrected chi connectivity index (χ4v) is 1.53. The summed E-state index contributed by atoms with van der Waals surface area (Å²) in [6, 6.07) is 0. The molecule has 0 N–H and O–H groups in total. The fraction of sp³-hybridized carbons (Fsp3) is 0.706. The molecule has 0 aromatic rings. The first-order valence-corrected chi connectivity index (χ1v) is 7.25. The second-order valence-corrected chi connectivity index (χ2v) is 6.56. The van der Waals surface area contributed by atoms with E-state index >= 15 is 0 Å². The van der Waals surface area contributed by atoms with Crippen LogP contribution in [0.2, 0.25) is 0 Å². The first kappa shape index (κ1) is 17.9. The predicted octanol–water partition coefficient (Wildman–Crippen LogP) is 4.83. The predicted molar refractivity (Wildman–Crippen MR) is 87.9 cm³/mol. The molecule has 0 aliphatic rings. The van der Waals surface area contributed by atoms with Crippen LogP contribution in [0.4, 0.5) is 0 Å². The summed E-state index contributed by atoms with van der Waals surface area (Å²) >= 11 is 0. The molecule has 0 fully saturated rings. The van der Waals surface area contributed by atoms with E-state index < -0.39 is 0 Å². The molecule has 0 aliphatic heterocycles. The van der Waals surface area contributed by atoms with Gasteiger partial charge in [0.05, 0.1) is 11.9 Å². The number of hydrogen-bond acceptors (Lipinski definition) is 1. The molecule has 0 aromatic carbocycles. The monoisotopic (exact) mass is 264 g/mol. The van der Waals surface area contributed by atoms with Crippen LogP contribution in [0.3, 0.4) is 0 Å². The van der Waals surface area contributed by atoms with Gasteiger partial charge in [0.25, 0.3) is 0 Å². The van der Waals surface area contributed by atoms with E-state index in [1.54, 1.807) is 0 Å². The highest BCUT2D eigenvalue weighted by atomic mass is 15.1. The topological polar surface area (TPSA) is 15.6 Å². The highest BCUT2D eigenvalue weighted by Crippen LogP contribution is 2.08. The number of allylic oxidation sites excluding steroid dienone is 3. The van der Waals surface area contributed by atoms with Gasteiger partial charge in [-0.05, 0) is 60.8 Å². The molecule has 0 bridgehead atoms. The van der Waals surface area contributed by atoms with Crippen molar-refractivity contribution in [2.24, 2.45) is 4.99 Å². The van der Waals surface area contributed by atoms with E-state index in [2.05, 4.69) is 70.6 Å². The minimum absolute atomic E-state index is 0.0182. The molecule has 110 valence electrons. The number of hydrogen-bond donors (Lipinski definition) is 0. The van der Waals surface area contributed by atoms with Gasteiger partial charge in [0.1, 0.15) is 0 Å². The Morgan fingerprint density at radius 1 is 1.05 bits per heavy atom. The lowest BCUT2D eigenvalue weighted by atomic mass is 10.1. The largest absolute Gasteiger partial charge is 0.366 e. The van der Waals surface area contributed by atoms with Gasteiger partial charge in [-0.25, -0.2) is 0 Å². The van der Waals surface area contributed by atoms with Crippen molar-refractivity contribution in [3.63, 3.8) is 0 Å². The van der Waals surface area contributed by atoms with Crippen molar-refractivity contribution in [3.8, 4) is 0 Å². The standard InChI is InChI=1S/C17H32N2/c1-15(2)10-8-11-16(3)12-9-13-19(7)14-18-17(4,5)6/h10,12,14H,8-9,11,13H2,1-7H3/b16-12+,18-14?. The minimum atomic E-state index is 0.0182. The van der Waals surface area contributed by atoms with Gasteiger partial charge in [-0.2, -0.15) is 0 Å². The Bertz CT molecular complexity index is 326. The number of nitrogens with zero attached hydrogens (tertiary/aromatic N) is 2. The van der Waals surface area contributed by atoms with Crippen LogP contribution in [-0.2, 0) is 0 Å². The van der Waals surface area contributed by atoms with Gasteiger partial charge in [0, 0.05) is 13.6 Å². The van der Waals surface area contributed by atoms with Crippen LogP contribution in [-0.4, -0.2) is 30.4 Å². The minimum Gasteiger partial charge on any atom is -0.366 e. The SMILES string of the molecule is CC(C)=CCC/C(C)=C/CCN(C)C=NC(C)(C)C. The maximum Gasteiger partial charge on any atom is 0.0853 e. The van der Waals surface area contributed by atoms with E-state index in [4.69, 9.17) is 0 Å². The zero-order valence-electron chi connectivity index (χ0n) is 14.0. The Morgan fingerprint density at radius 3 is 2.21 bits per heavy atom. The summed E-state index contributed by atoms with van der Waals surface area (Å²) in [5.74, 6) is 0. The van der Waals surface area contributed by atoms with Gasteiger partial charge in [-0.1, -0.05) is 23.3 Å². The highest BCUT2D eigenvalue weighted by Gasteiger charge is 2.04. The molecular weight excluding hydrogens is 232 g/mol. The maximum atomic E-state index is 4.50. The molecule has 19 heavy (non-hydrogen) atoms. The summed E-state index contributed by atoms with van der Waals surface area (Å²) in [5.41, 5.74) is 2.91. The molecule has 2 heteroatoms. The normalized spacial score (nSPS) is 12.9. The summed E-state index contributed by atoms with van der Waals surface area (Å²) in [5, 5.41) is 0. The molecule has 0 aromatic heterocycles. The average Bonchev–Trinajstić information content (AvgIpc) is 2.25. The van der Waals surface area contributed by atoms with Gasteiger partial charge >= 0.3 is 0 Å². The van der Waals surface area contributed by atoms with Crippen LogP contribution in [0.15, 0.2) is 28.3 Å². The van der Waals surface area contributed by atoms with E-state index in [0.29, 0.717) is 0 Å². The molecule has 0 radical (unpaired) electrons. The van der Waals surface area contributed by atoms with Crippen LogP contribution in [0.25, 0.3) is 0 Å². The van der Waals surface area contributed by atoms with Crippen molar-refractivity contribution in [1.29, 1.82) is 0 Å². The van der Waals surface area contributed by atoms with Crippen molar-refractivity contribution in [2.45, 2.75) is 66.3 Å². The summed E-state index contributed by atoms with van der Waals surface area (Å²) < 4.78 is 0. The Hall–Kier alpha value is -1.05. The van der Waals surface area contributed by atoms with Gasteiger partial charge in [0.15, 0.2) is 0 Å². The molecule has 0 saturated heterocycles. The summed E-state index contributed by atoms with van der Waals surface area (Å²) in [6.07, 6.45) is 10.0. The lowest BCUT2D eigenvalue weighted by Gasteiger charge is -2.16. The Balaban J connectivity index is 3.94. The third-order valence-electron chi connectivity index (χ3n) is 2.71. The molecular formula is C17H32N2. The van der Waals surface area contributed by atoms with E-state index in [1.165, 1.54) is 17.6 Å². The van der Waals surface area contributed by atoms with Crippen molar-refractivity contribution >= 4 is 6.34 Å². The second-order valence-electron chi connectivity index (χ2n) is 6.56. The smallest absolute Gasteiger partial charge is 0.0853 e. The van der Waals surface area contributed by atoms with E-state index in [-0.39, 0.29) is 5.54 Å². The molecule has 0 saturated carbocycles. The molecule has 0 spiro atoms. The maximum absolute atomic E-state index is 4.50. The first-order valence-electron chi connectivity index (χ1n) is 7.25. The zero-order valence-corrected chi connectivity index (χ0v) is 14.0. The third-order valence-corrected chi connectivity index (χ3v) is 2.71. The Morgan fingerprint density at radius 2 is 1.68 bits per heavy atom. The molecule has 0 amide bonds. The number of rotatable bonds is 7. The van der Waals surface area contributed by atoms with Crippen molar-refractivity contribution in [3.05, 3.63) is 23.3 Å². The lowest BCUT2D eigenvalue weighted by Crippen LogP contribution is -2.20. The van der Waals surface area contributed by atoms with Crippen molar-refractivity contribution in [1.82, 2.24) is 4.90 Å². The molecule has 0 heterocycles. The van der Waals surface area contributed by atoms with Gasteiger partial charge in [-0.3, -0.25) is 4.99 Å². The Kier molecular flexibility index (Phi) is 8.46. The molecule has 0 unspecified atom stereocenters. The number of aliphatic imine (C=N–C) groups is 1. The molecule has 0 aliphatic carbocycles. The van der Waals surface area contributed by atoms with E-state index in [1.807, 2.05) is 6.34 Å². The van der Waals surface area contributed by atoms with Crippen molar-refractivity contribution in [2.75, 3.05) is 13.6 Å². The molecule has 0 atom stereocenters. The third kappa shape index (κ3) is 13.2. The second kappa shape index (κ2) is 8.95. The Labute approximate surface area is 120 Å².